The van der Waals surface area contributed by atoms with Crippen molar-refractivity contribution in [3.63, 3.8) is 0 Å². The number of ether oxygens (including phenoxy) is 2. The van der Waals surface area contributed by atoms with Crippen molar-refractivity contribution in [2.24, 2.45) is 0 Å². The molecular weight excluding hydrogens is 313 g/mol. The molecule has 4 nitrogen and oxygen atoms in total. The Morgan fingerprint density at radius 1 is 1.04 bits per heavy atom. The molecule has 122 valence electrons. The van der Waals surface area contributed by atoms with Crippen molar-refractivity contribution in [2.45, 2.75) is 38.8 Å². The minimum atomic E-state index is -4.61. The molecule has 0 aromatic rings. The first-order valence-corrected chi connectivity index (χ1v) is 7.05. The molecule has 23 heavy (non-hydrogen) atoms. The van der Waals surface area contributed by atoms with Gasteiger partial charge in [0.1, 0.15) is 0 Å². The molecule has 0 N–H and O–H groups in total. The molecule has 0 aromatic heterocycles. The minimum absolute atomic E-state index is 0.0237. The highest BCUT2D eigenvalue weighted by atomic mass is 19.4. The Morgan fingerprint density at radius 3 is 2.48 bits per heavy atom. The zero-order valence-electron chi connectivity index (χ0n) is 12.6. The first-order valence-electron chi connectivity index (χ1n) is 7.05. The largest absolute Gasteiger partial charge is 0.449 e. The molecule has 1 spiro atoms. The minimum Gasteiger partial charge on any atom is -0.446 e. The van der Waals surface area contributed by atoms with Crippen LogP contribution in [-0.4, -0.2) is 18.1 Å². The van der Waals surface area contributed by atoms with Gasteiger partial charge in [-0.1, -0.05) is 12.2 Å². The van der Waals surface area contributed by atoms with Gasteiger partial charge in [-0.3, -0.25) is 4.89 Å². The van der Waals surface area contributed by atoms with E-state index in [1.54, 1.807) is 19.1 Å². The molecule has 1 aliphatic carbocycles. The first-order chi connectivity index (χ1) is 10.7. The first kappa shape index (κ1) is 14.4. The Kier molecular flexibility index (Phi) is 2.65. The summed E-state index contributed by atoms with van der Waals surface area (Å²) < 4.78 is 50.0. The zero-order chi connectivity index (χ0) is 16.6. The van der Waals surface area contributed by atoms with Gasteiger partial charge in [0.05, 0.1) is 0 Å². The van der Waals surface area contributed by atoms with E-state index in [0.717, 1.165) is 17.2 Å². The van der Waals surface area contributed by atoms with Crippen LogP contribution in [0.15, 0.2) is 57.8 Å². The predicted molar refractivity (Wildman–Crippen MR) is 72.2 cm³/mol. The highest BCUT2D eigenvalue weighted by molar-refractivity contribution is 5.62. The summed E-state index contributed by atoms with van der Waals surface area (Å²) in [5.74, 6) is -1.09. The van der Waals surface area contributed by atoms with Crippen LogP contribution in [0.3, 0.4) is 0 Å². The van der Waals surface area contributed by atoms with Gasteiger partial charge in [0, 0.05) is 16.7 Å². The van der Waals surface area contributed by atoms with Gasteiger partial charge in [0.15, 0.2) is 0 Å². The molecule has 1 fully saturated rings. The average Bonchev–Trinajstić information content (AvgIpc) is 2.65. The smallest absolute Gasteiger partial charge is 0.446 e. The second-order valence-corrected chi connectivity index (χ2v) is 5.86. The molecule has 5 rings (SSSR count). The Hall–Kier alpha value is -2.15. The summed E-state index contributed by atoms with van der Waals surface area (Å²) >= 11 is 0. The van der Waals surface area contributed by atoms with Crippen LogP contribution in [0.4, 0.5) is 13.2 Å². The monoisotopic (exact) mass is 326 g/mol. The summed E-state index contributed by atoms with van der Waals surface area (Å²) in [5.41, 5.74) is 2.00. The van der Waals surface area contributed by atoms with Gasteiger partial charge in [0.25, 0.3) is 6.29 Å². The van der Waals surface area contributed by atoms with E-state index >= 15 is 0 Å². The van der Waals surface area contributed by atoms with E-state index < -0.39 is 23.8 Å². The van der Waals surface area contributed by atoms with E-state index in [9.17, 15) is 13.2 Å². The average molecular weight is 326 g/mol. The third-order valence-electron chi connectivity index (χ3n) is 4.55. The number of rotatable bonds is 0. The van der Waals surface area contributed by atoms with E-state index in [1.807, 2.05) is 13.8 Å². The van der Waals surface area contributed by atoms with Gasteiger partial charge < -0.3 is 9.47 Å². The van der Waals surface area contributed by atoms with Crippen LogP contribution in [0.1, 0.15) is 20.8 Å². The maximum absolute atomic E-state index is 13.1. The van der Waals surface area contributed by atoms with E-state index in [4.69, 9.17) is 19.2 Å². The molecule has 0 saturated carbocycles. The second kappa shape index (κ2) is 4.23. The van der Waals surface area contributed by atoms with Crippen LogP contribution < -0.4 is 0 Å². The molecule has 5 aliphatic rings. The zero-order valence-corrected chi connectivity index (χ0v) is 12.6. The molecule has 0 amide bonds. The highest BCUT2D eigenvalue weighted by Gasteiger charge is 2.62. The summed E-state index contributed by atoms with van der Waals surface area (Å²) in [6.45, 7) is 5.49. The van der Waals surface area contributed by atoms with E-state index in [1.165, 1.54) is 0 Å². The summed E-state index contributed by atoms with van der Waals surface area (Å²) in [4.78, 5) is 10.8. The van der Waals surface area contributed by atoms with Gasteiger partial charge >= 0.3 is 12.1 Å². The summed E-state index contributed by atoms with van der Waals surface area (Å²) in [6.07, 6.45) is -1.65. The Bertz CT molecular complexity index is 767. The fourth-order valence-electron chi connectivity index (χ4n) is 3.31. The Balaban J connectivity index is 2.01. The number of hydrogen-bond acceptors (Lipinski definition) is 4. The topological polar surface area (TPSA) is 36.9 Å². The standard InChI is InChI=1S/C16H13F3O4/c1-7-4-5-10-6-11(16(17,18)19)20-14-15(10)12(7)8(2)9(3)13(21-14)22-23-15/h4-6,14H,1-3H3. The maximum atomic E-state index is 13.1. The highest BCUT2D eigenvalue weighted by Crippen LogP contribution is 2.54. The molecule has 2 atom stereocenters. The third kappa shape index (κ3) is 1.71. The van der Waals surface area contributed by atoms with Crippen LogP contribution in [0, 0.1) is 0 Å². The van der Waals surface area contributed by atoms with Gasteiger partial charge in [0.2, 0.25) is 11.4 Å². The number of allylic oxidation sites excluding steroid dienone is 5. The van der Waals surface area contributed by atoms with Crippen LogP contribution in [0.25, 0.3) is 0 Å². The molecule has 7 heteroatoms. The van der Waals surface area contributed by atoms with Crippen molar-refractivity contribution in [3.05, 3.63) is 57.8 Å². The normalized spacial score (nSPS) is 32.1. The van der Waals surface area contributed by atoms with Crippen LogP contribution in [0.5, 0.6) is 0 Å². The maximum Gasteiger partial charge on any atom is 0.449 e. The van der Waals surface area contributed by atoms with Gasteiger partial charge in [-0.25, -0.2) is 0 Å². The fraction of sp³-hybridized carbons (Fsp3) is 0.375. The number of hydrogen-bond donors (Lipinski definition) is 0. The van der Waals surface area contributed by atoms with Crippen molar-refractivity contribution < 1.29 is 32.4 Å². The van der Waals surface area contributed by atoms with E-state index in [2.05, 4.69) is 0 Å². The lowest BCUT2D eigenvalue weighted by Crippen LogP contribution is -2.56. The van der Waals surface area contributed by atoms with Gasteiger partial charge in [-0.2, -0.15) is 18.1 Å². The molecule has 2 bridgehead atoms. The molecule has 0 aromatic carbocycles. The Labute approximate surface area is 130 Å². The van der Waals surface area contributed by atoms with Crippen molar-refractivity contribution in [1.82, 2.24) is 0 Å². The molecule has 2 unspecified atom stereocenters. The lowest BCUT2D eigenvalue weighted by atomic mass is 9.74. The number of alkyl halides is 3. The molecule has 4 heterocycles. The number of halogens is 3. The van der Waals surface area contributed by atoms with Crippen LogP contribution in [0.2, 0.25) is 0 Å². The molecule has 4 aliphatic heterocycles. The van der Waals surface area contributed by atoms with Crippen LogP contribution in [-0.2, 0) is 19.2 Å². The van der Waals surface area contributed by atoms with Crippen LogP contribution >= 0.6 is 0 Å². The van der Waals surface area contributed by atoms with Crippen molar-refractivity contribution >= 4 is 0 Å². The number of fused-ring (bicyclic) bond motifs is 2. The third-order valence-corrected chi connectivity index (χ3v) is 4.55. The quantitative estimate of drug-likeness (QED) is 0.632. The van der Waals surface area contributed by atoms with Crippen molar-refractivity contribution in [1.29, 1.82) is 0 Å². The lowest BCUT2D eigenvalue weighted by Gasteiger charge is -2.46. The van der Waals surface area contributed by atoms with Crippen molar-refractivity contribution in [2.75, 3.05) is 0 Å². The Morgan fingerprint density at radius 2 is 1.78 bits per heavy atom. The van der Waals surface area contributed by atoms with Crippen molar-refractivity contribution in [3.8, 4) is 0 Å². The van der Waals surface area contributed by atoms with E-state index in [-0.39, 0.29) is 11.5 Å². The molecular formula is C16H13F3O4. The SMILES string of the molecule is CC1=CC=C2C=C(C(F)(F)F)OC3OC4=C(C)C(C)=C1C23OO4. The fourth-order valence-corrected chi connectivity index (χ4v) is 3.31. The van der Waals surface area contributed by atoms with E-state index in [0.29, 0.717) is 11.1 Å². The lowest BCUT2D eigenvalue weighted by molar-refractivity contribution is -0.429. The summed E-state index contributed by atoms with van der Waals surface area (Å²) in [7, 11) is 0. The summed E-state index contributed by atoms with van der Waals surface area (Å²) in [6, 6.07) is 0. The van der Waals surface area contributed by atoms with Gasteiger partial charge in [-0.15, -0.1) is 0 Å². The molecule has 1 saturated heterocycles. The summed E-state index contributed by atoms with van der Waals surface area (Å²) in [5, 5.41) is 0. The molecule has 0 radical (unpaired) electrons. The van der Waals surface area contributed by atoms with Gasteiger partial charge in [-0.05, 0) is 38.0 Å². The second-order valence-electron chi connectivity index (χ2n) is 5.86. The predicted octanol–water partition coefficient (Wildman–Crippen LogP) is 3.95.